The topological polar surface area (TPSA) is 60.7 Å². The fourth-order valence-corrected chi connectivity index (χ4v) is 6.99. The van der Waals surface area contributed by atoms with E-state index in [1.165, 1.54) is 5.57 Å². The first-order chi connectivity index (χ1) is 10.7. The summed E-state index contributed by atoms with van der Waals surface area (Å²) in [5.41, 5.74) is 0.600. The van der Waals surface area contributed by atoms with Gasteiger partial charge in [0.05, 0.1) is 17.8 Å². The Bertz CT molecular complexity index is 539. The first-order valence-electron chi connectivity index (χ1n) is 9.47. The zero-order valence-corrected chi connectivity index (χ0v) is 14.8. The van der Waals surface area contributed by atoms with Crippen LogP contribution in [0.15, 0.2) is 11.6 Å². The van der Waals surface area contributed by atoms with Crippen molar-refractivity contribution in [3.8, 4) is 0 Å². The van der Waals surface area contributed by atoms with Gasteiger partial charge in [-0.2, -0.15) is 0 Å². The molecule has 0 aromatic rings. The van der Waals surface area contributed by atoms with Gasteiger partial charge in [0.25, 0.3) is 0 Å². The summed E-state index contributed by atoms with van der Waals surface area (Å²) < 4.78 is 0. The molecule has 4 aliphatic rings. The Kier molecular flexibility index (Phi) is 3.38. The molecule has 0 unspecified atom stereocenters. The van der Waals surface area contributed by atoms with E-state index in [4.69, 9.17) is 0 Å². The Hall–Kier alpha value is -0.380. The molecule has 3 fully saturated rings. The van der Waals surface area contributed by atoms with E-state index in [2.05, 4.69) is 19.9 Å². The van der Waals surface area contributed by atoms with Crippen LogP contribution in [0, 0.1) is 28.6 Å². The summed E-state index contributed by atoms with van der Waals surface area (Å²) in [6.07, 6.45) is 8.11. The van der Waals surface area contributed by atoms with Gasteiger partial charge in [-0.05, 0) is 75.0 Å². The van der Waals surface area contributed by atoms with Gasteiger partial charge in [-0.1, -0.05) is 25.5 Å². The number of aliphatic hydroxyl groups is 3. The second-order valence-corrected chi connectivity index (χ2v) is 9.58. The molecule has 0 amide bonds. The predicted octanol–water partition coefficient (Wildman–Crippen LogP) is 3.03. The molecule has 0 bridgehead atoms. The monoisotopic (exact) mass is 320 g/mol. The number of allylic oxidation sites excluding steroid dienone is 1. The molecular formula is C20H32O3. The molecule has 0 aliphatic heterocycles. The predicted molar refractivity (Wildman–Crippen MR) is 89.7 cm³/mol. The number of rotatable bonds is 0. The molecule has 0 spiro atoms. The molecule has 3 saturated carbocycles. The van der Waals surface area contributed by atoms with E-state index in [0.29, 0.717) is 17.8 Å². The Morgan fingerprint density at radius 3 is 2.57 bits per heavy atom. The highest BCUT2D eigenvalue weighted by Crippen LogP contribution is 2.66. The zero-order valence-electron chi connectivity index (χ0n) is 14.8. The summed E-state index contributed by atoms with van der Waals surface area (Å²) >= 11 is 0. The molecule has 4 aliphatic carbocycles. The highest BCUT2D eigenvalue weighted by molar-refractivity contribution is 5.27. The molecule has 8 atom stereocenters. The van der Waals surface area contributed by atoms with Gasteiger partial charge in [-0.25, -0.2) is 0 Å². The maximum atomic E-state index is 11.1. The largest absolute Gasteiger partial charge is 0.393 e. The maximum absolute atomic E-state index is 11.1. The van der Waals surface area contributed by atoms with Crippen molar-refractivity contribution in [3.05, 3.63) is 11.6 Å². The van der Waals surface area contributed by atoms with Gasteiger partial charge >= 0.3 is 0 Å². The minimum absolute atomic E-state index is 0.0390. The molecule has 0 aromatic carbocycles. The number of hydrogen-bond acceptors (Lipinski definition) is 3. The summed E-state index contributed by atoms with van der Waals surface area (Å²) in [5.74, 6) is 1.27. The normalized spacial score (nSPS) is 58.9. The lowest BCUT2D eigenvalue weighted by molar-refractivity contribution is -0.162. The highest BCUT2D eigenvalue weighted by atomic mass is 16.3. The van der Waals surface area contributed by atoms with Gasteiger partial charge in [0.1, 0.15) is 0 Å². The Balaban J connectivity index is 1.74. The van der Waals surface area contributed by atoms with Crippen LogP contribution in [-0.4, -0.2) is 33.1 Å². The van der Waals surface area contributed by atoms with Gasteiger partial charge in [0, 0.05) is 5.41 Å². The van der Waals surface area contributed by atoms with Crippen molar-refractivity contribution in [1.82, 2.24) is 0 Å². The van der Waals surface area contributed by atoms with E-state index in [-0.39, 0.29) is 23.0 Å². The highest BCUT2D eigenvalue weighted by Gasteiger charge is 2.64. The van der Waals surface area contributed by atoms with E-state index in [9.17, 15) is 15.3 Å². The first-order valence-corrected chi connectivity index (χ1v) is 9.47. The van der Waals surface area contributed by atoms with Crippen molar-refractivity contribution in [2.24, 2.45) is 28.6 Å². The van der Waals surface area contributed by atoms with Crippen LogP contribution in [0.25, 0.3) is 0 Å². The fourth-order valence-electron chi connectivity index (χ4n) is 6.99. The average Bonchev–Trinajstić information content (AvgIpc) is 2.69. The van der Waals surface area contributed by atoms with Crippen molar-refractivity contribution >= 4 is 0 Å². The smallest absolute Gasteiger partial charge is 0.0676 e. The van der Waals surface area contributed by atoms with Crippen LogP contribution in [0.5, 0.6) is 0 Å². The van der Waals surface area contributed by atoms with Gasteiger partial charge in [-0.3, -0.25) is 0 Å². The summed E-state index contributed by atoms with van der Waals surface area (Å²) in [6.45, 7) is 6.50. The summed E-state index contributed by atoms with van der Waals surface area (Å²) in [5, 5.41) is 32.1. The van der Waals surface area contributed by atoms with E-state index < -0.39 is 5.60 Å². The molecule has 130 valence electrons. The third-order valence-corrected chi connectivity index (χ3v) is 8.57. The van der Waals surface area contributed by atoms with Gasteiger partial charge in [-0.15, -0.1) is 0 Å². The number of aliphatic hydroxyl groups excluding tert-OH is 2. The Morgan fingerprint density at radius 2 is 1.83 bits per heavy atom. The van der Waals surface area contributed by atoms with Gasteiger partial charge < -0.3 is 15.3 Å². The summed E-state index contributed by atoms with van der Waals surface area (Å²) in [7, 11) is 0. The second-order valence-electron chi connectivity index (χ2n) is 9.58. The average molecular weight is 320 g/mol. The minimum Gasteiger partial charge on any atom is -0.393 e. The van der Waals surface area contributed by atoms with Crippen molar-refractivity contribution in [2.75, 3.05) is 0 Å². The van der Waals surface area contributed by atoms with Gasteiger partial charge in [0.15, 0.2) is 0 Å². The SMILES string of the molecule is C[C@]12CC[C@@H](O)CC1=CC[C@@H]1[C@@H]2[C@H](O)C[C@@]2(C)[C@H]1CC[C@@]2(C)O. The standard InChI is InChI=1S/C20H32O3/c1-18-8-6-13(21)10-12(18)4-5-14-15-7-9-20(3,23)19(15,2)11-16(22)17(14)18/h4,13-17,21-23H,5-11H2,1-3H3/t13-,14+,15+,16-,17-,18+,19+,20-/m1/s1. The third kappa shape index (κ3) is 1.99. The molecule has 0 heterocycles. The van der Waals surface area contributed by atoms with Crippen molar-refractivity contribution in [1.29, 1.82) is 0 Å². The van der Waals surface area contributed by atoms with E-state index in [1.807, 2.05) is 6.92 Å². The lowest BCUT2D eigenvalue weighted by Gasteiger charge is -2.60. The van der Waals surface area contributed by atoms with E-state index in [1.54, 1.807) is 0 Å². The van der Waals surface area contributed by atoms with Crippen LogP contribution in [0.3, 0.4) is 0 Å². The number of fused-ring (bicyclic) bond motifs is 5. The van der Waals surface area contributed by atoms with Crippen LogP contribution < -0.4 is 0 Å². The van der Waals surface area contributed by atoms with Crippen LogP contribution in [0.1, 0.15) is 65.7 Å². The lowest BCUT2D eigenvalue weighted by atomic mass is 9.46. The first kappa shape index (κ1) is 16.1. The van der Waals surface area contributed by atoms with E-state index >= 15 is 0 Å². The second kappa shape index (κ2) is 4.83. The Morgan fingerprint density at radius 1 is 1.09 bits per heavy atom. The molecule has 4 rings (SSSR count). The lowest BCUT2D eigenvalue weighted by Crippen LogP contribution is -2.59. The quantitative estimate of drug-likeness (QED) is 0.601. The fraction of sp³-hybridized carbons (Fsp3) is 0.900. The molecule has 0 aromatic heterocycles. The summed E-state index contributed by atoms with van der Waals surface area (Å²) in [4.78, 5) is 0. The maximum Gasteiger partial charge on any atom is 0.0676 e. The van der Waals surface area contributed by atoms with Crippen LogP contribution in [0.4, 0.5) is 0 Å². The zero-order chi connectivity index (χ0) is 16.6. The molecule has 3 N–H and O–H groups in total. The summed E-state index contributed by atoms with van der Waals surface area (Å²) in [6, 6.07) is 0. The van der Waals surface area contributed by atoms with Crippen LogP contribution >= 0.6 is 0 Å². The molecule has 23 heavy (non-hydrogen) atoms. The molecule has 3 nitrogen and oxygen atoms in total. The Labute approximate surface area is 139 Å². The van der Waals surface area contributed by atoms with Crippen molar-refractivity contribution in [3.63, 3.8) is 0 Å². The molecular weight excluding hydrogens is 288 g/mol. The van der Waals surface area contributed by atoms with Crippen LogP contribution in [-0.2, 0) is 0 Å². The number of hydrogen-bond donors (Lipinski definition) is 3. The molecule has 0 saturated heterocycles. The third-order valence-electron chi connectivity index (χ3n) is 8.57. The molecule has 0 radical (unpaired) electrons. The van der Waals surface area contributed by atoms with E-state index in [0.717, 1.165) is 44.9 Å². The van der Waals surface area contributed by atoms with Crippen LogP contribution in [0.2, 0.25) is 0 Å². The van der Waals surface area contributed by atoms with Crippen molar-refractivity contribution in [2.45, 2.75) is 83.5 Å². The van der Waals surface area contributed by atoms with Crippen molar-refractivity contribution < 1.29 is 15.3 Å². The molecule has 3 heteroatoms. The minimum atomic E-state index is -0.655. The van der Waals surface area contributed by atoms with Gasteiger partial charge in [0.2, 0.25) is 0 Å².